The number of ether oxygens (including phenoxy) is 1. The summed E-state index contributed by atoms with van der Waals surface area (Å²) in [6.45, 7) is 4.33. The molecule has 1 rings (SSSR count). The molecular weight excluding hydrogens is 228 g/mol. The van der Waals surface area contributed by atoms with Crippen LogP contribution in [0.15, 0.2) is 0 Å². The van der Waals surface area contributed by atoms with Gasteiger partial charge in [-0.05, 0) is 18.9 Å². The number of hydrogen-bond acceptors (Lipinski definition) is 4. The van der Waals surface area contributed by atoms with E-state index < -0.39 is 10.0 Å². The van der Waals surface area contributed by atoms with E-state index in [1.165, 1.54) is 10.6 Å². The second-order valence-electron chi connectivity index (χ2n) is 4.49. The zero-order valence-corrected chi connectivity index (χ0v) is 11.2. The van der Waals surface area contributed by atoms with Crippen LogP contribution < -0.4 is 0 Å². The Bertz CT molecular complexity index is 305. The zero-order valence-electron chi connectivity index (χ0n) is 10.3. The minimum absolute atomic E-state index is 0.455. The van der Waals surface area contributed by atoms with E-state index in [2.05, 4.69) is 4.90 Å². The fraction of sp³-hybridized carbons (Fsp3) is 1.00. The van der Waals surface area contributed by atoms with Gasteiger partial charge in [-0.3, -0.25) is 0 Å². The average molecular weight is 250 g/mol. The van der Waals surface area contributed by atoms with Crippen LogP contribution in [0.5, 0.6) is 0 Å². The van der Waals surface area contributed by atoms with Gasteiger partial charge >= 0.3 is 0 Å². The van der Waals surface area contributed by atoms with E-state index in [1.807, 2.05) is 0 Å². The standard InChI is InChI=1S/C10H22N2O3S/c1-11(16(3,13)14)8-10-4-5-12(9-10)6-7-15-2/h10H,4-9H2,1-3H3. The molecule has 6 heteroatoms. The Morgan fingerprint density at radius 2 is 2.19 bits per heavy atom. The first-order valence-electron chi connectivity index (χ1n) is 5.56. The summed E-state index contributed by atoms with van der Waals surface area (Å²) in [6.07, 6.45) is 2.33. The van der Waals surface area contributed by atoms with Crippen molar-refractivity contribution in [2.75, 3.05) is 53.2 Å². The summed E-state index contributed by atoms with van der Waals surface area (Å²) in [5, 5.41) is 0. The van der Waals surface area contributed by atoms with Gasteiger partial charge < -0.3 is 9.64 Å². The molecule has 1 atom stereocenters. The van der Waals surface area contributed by atoms with E-state index in [-0.39, 0.29) is 0 Å². The summed E-state index contributed by atoms with van der Waals surface area (Å²) >= 11 is 0. The van der Waals surface area contributed by atoms with E-state index in [0.29, 0.717) is 12.5 Å². The predicted molar refractivity (Wildman–Crippen MR) is 63.9 cm³/mol. The van der Waals surface area contributed by atoms with Crippen LogP contribution in [0.2, 0.25) is 0 Å². The summed E-state index contributed by atoms with van der Waals surface area (Å²) in [4.78, 5) is 2.32. The number of methoxy groups -OCH3 is 1. The molecule has 1 unspecified atom stereocenters. The van der Waals surface area contributed by atoms with Crippen LogP contribution in [-0.2, 0) is 14.8 Å². The number of sulfonamides is 1. The summed E-state index contributed by atoms with van der Waals surface area (Å²) in [5.41, 5.74) is 0. The first-order valence-corrected chi connectivity index (χ1v) is 7.41. The van der Waals surface area contributed by atoms with Gasteiger partial charge in [0.05, 0.1) is 12.9 Å². The van der Waals surface area contributed by atoms with Crippen molar-refractivity contribution >= 4 is 10.0 Å². The molecule has 0 aromatic carbocycles. The Kier molecular flexibility index (Phi) is 5.17. The van der Waals surface area contributed by atoms with Crippen LogP contribution in [0.4, 0.5) is 0 Å². The van der Waals surface area contributed by atoms with Gasteiger partial charge in [0.1, 0.15) is 0 Å². The van der Waals surface area contributed by atoms with Gasteiger partial charge in [0.15, 0.2) is 0 Å². The molecule has 1 aliphatic heterocycles. The summed E-state index contributed by atoms with van der Waals surface area (Å²) in [5.74, 6) is 0.455. The lowest BCUT2D eigenvalue weighted by atomic mass is 10.1. The van der Waals surface area contributed by atoms with Crippen LogP contribution >= 0.6 is 0 Å². The summed E-state index contributed by atoms with van der Waals surface area (Å²) in [6, 6.07) is 0. The quantitative estimate of drug-likeness (QED) is 0.657. The molecule has 16 heavy (non-hydrogen) atoms. The summed E-state index contributed by atoms with van der Waals surface area (Å²) < 4.78 is 29.0. The van der Waals surface area contributed by atoms with Crippen molar-refractivity contribution in [3.8, 4) is 0 Å². The predicted octanol–water partition coefficient (Wildman–Crippen LogP) is -0.154. The molecule has 0 spiro atoms. The Morgan fingerprint density at radius 3 is 2.75 bits per heavy atom. The number of nitrogens with zero attached hydrogens (tertiary/aromatic N) is 2. The first-order chi connectivity index (χ1) is 7.43. The third-order valence-electron chi connectivity index (χ3n) is 3.06. The van der Waals surface area contributed by atoms with Crippen LogP contribution in [0.3, 0.4) is 0 Å². The highest BCUT2D eigenvalue weighted by molar-refractivity contribution is 7.88. The maximum atomic E-state index is 11.3. The van der Waals surface area contributed by atoms with E-state index in [9.17, 15) is 8.42 Å². The number of likely N-dealkylation sites (tertiary alicyclic amines) is 1. The van der Waals surface area contributed by atoms with Crippen LogP contribution in [0, 0.1) is 5.92 Å². The molecule has 0 bridgehead atoms. The van der Waals surface area contributed by atoms with E-state index >= 15 is 0 Å². The zero-order chi connectivity index (χ0) is 12.2. The third kappa shape index (κ3) is 4.37. The Hall–Kier alpha value is -0.170. The van der Waals surface area contributed by atoms with Gasteiger partial charge in [-0.25, -0.2) is 12.7 Å². The van der Waals surface area contributed by atoms with Crippen molar-refractivity contribution in [3.63, 3.8) is 0 Å². The normalized spacial score (nSPS) is 23.1. The Labute approximate surface area is 98.4 Å². The molecule has 0 aromatic rings. The van der Waals surface area contributed by atoms with Crippen molar-refractivity contribution in [1.29, 1.82) is 0 Å². The highest BCUT2D eigenvalue weighted by atomic mass is 32.2. The molecule has 1 fully saturated rings. The molecule has 0 aliphatic carbocycles. The molecule has 0 aromatic heterocycles. The molecule has 1 aliphatic rings. The minimum Gasteiger partial charge on any atom is -0.383 e. The molecule has 5 nitrogen and oxygen atoms in total. The maximum Gasteiger partial charge on any atom is 0.210 e. The smallest absolute Gasteiger partial charge is 0.210 e. The van der Waals surface area contributed by atoms with Crippen LogP contribution in [0.25, 0.3) is 0 Å². The van der Waals surface area contributed by atoms with Gasteiger partial charge in [-0.2, -0.15) is 0 Å². The molecule has 1 heterocycles. The maximum absolute atomic E-state index is 11.3. The molecule has 1 saturated heterocycles. The molecular formula is C10H22N2O3S. The number of rotatable bonds is 6. The fourth-order valence-electron chi connectivity index (χ4n) is 1.98. The SMILES string of the molecule is COCCN1CCC(CN(C)S(C)(=O)=O)C1. The molecule has 0 amide bonds. The molecule has 0 saturated carbocycles. The molecule has 0 radical (unpaired) electrons. The average Bonchev–Trinajstić information content (AvgIpc) is 2.61. The van der Waals surface area contributed by atoms with Crippen LogP contribution in [0.1, 0.15) is 6.42 Å². The third-order valence-corrected chi connectivity index (χ3v) is 4.34. The van der Waals surface area contributed by atoms with E-state index in [4.69, 9.17) is 4.74 Å². The van der Waals surface area contributed by atoms with Crippen LogP contribution in [-0.4, -0.2) is 70.8 Å². The van der Waals surface area contributed by atoms with Gasteiger partial charge in [0, 0.05) is 33.8 Å². The Balaban J connectivity index is 2.31. The highest BCUT2D eigenvalue weighted by Crippen LogP contribution is 2.17. The van der Waals surface area contributed by atoms with E-state index in [1.54, 1.807) is 14.2 Å². The largest absolute Gasteiger partial charge is 0.383 e. The van der Waals surface area contributed by atoms with Gasteiger partial charge in [0.25, 0.3) is 0 Å². The van der Waals surface area contributed by atoms with Crippen molar-refractivity contribution < 1.29 is 13.2 Å². The minimum atomic E-state index is -3.03. The van der Waals surface area contributed by atoms with E-state index in [0.717, 1.165) is 32.7 Å². The summed E-state index contributed by atoms with van der Waals surface area (Å²) in [7, 11) is 0.311. The van der Waals surface area contributed by atoms with Crippen molar-refractivity contribution in [2.24, 2.45) is 5.92 Å². The van der Waals surface area contributed by atoms with Gasteiger partial charge in [0.2, 0.25) is 10.0 Å². The monoisotopic (exact) mass is 250 g/mol. The molecule has 0 N–H and O–H groups in total. The van der Waals surface area contributed by atoms with Gasteiger partial charge in [-0.15, -0.1) is 0 Å². The van der Waals surface area contributed by atoms with Gasteiger partial charge in [-0.1, -0.05) is 0 Å². The fourth-order valence-corrected chi connectivity index (χ4v) is 2.47. The second-order valence-corrected chi connectivity index (χ2v) is 6.58. The topological polar surface area (TPSA) is 49.9 Å². The number of hydrogen-bond donors (Lipinski definition) is 0. The second kappa shape index (κ2) is 5.95. The lowest BCUT2D eigenvalue weighted by Gasteiger charge is -2.19. The Morgan fingerprint density at radius 1 is 1.50 bits per heavy atom. The van der Waals surface area contributed by atoms with Crippen molar-refractivity contribution in [2.45, 2.75) is 6.42 Å². The van der Waals surface area contributed by atoms with Crippen molar-refractivity contribution in [1.82, 2.24) is 9.21 Å². The molecule has 96 valence electrons. The first kappa shape index (κ1) is 13.9. The van der Waals surface area contributed by atoms with Crippen molar-refractivity contribution in [3.05, 3.63) is 0 Å². The lowest BCUT2D eigenvalue weighted by molar-refractivity contribution is 0.158. The lowest BCUT2D eigenvalue weighted by Crippen LogP contribution is -2.32. The highest BCUT2D eigenvalue weighted by Gasteiger charge is 2.25.